The minimum atomic E-state index is -0.226. The number of nitrogens with two attached hydrogens (primary N) is 1. The molecule has 0 amide bonds. The van der Waals surface area contributed by atoms with E-state index in [1.807, 2.05) is 6.07 Å². The van der Waals surface area contributed by atoms with Crippen LogP contribution in [0.25, 0.3) is 0 Å². The van der Waals surface area contributed by atoms with E-state index in [9.17, 15) is 4.39 Å². The molecule has 0 saturated carbocycles. The topological polar surface area (TPSA) is 38.5 Å². The molecule has 1 aliphatic rings. The molecular formula is C16H25FN2O. The Kier molecular flexibility index (Phi) is 4.07. The molecule has 0 radical (unpaired) electrons. The Morgan fingerprint density at radius 1 is 1.20 bits per heavy atom. The summed E-state index contributed by atoms with van der Waals surface area (Å²) in [4.78, 5) is 2.29. The summed E-state index contributed by atoms with van der Waals surface area (Å²) in [5, 5.41) is 0. The van der Waals surface area contributed by atoms with Gasteiger partial charge in [0.25, 0.3) is 0 Å². The fourth-order valence-corrected chi connectivity index (χ4v) is 3.18. The van der Waals surface area contributed by atoms with Crippen molar-refractivity contribution < 1.29 is 9.13 Å². The van der Waals surface area contributed by atoms with Crippen molar-refractivity contribution in [2.45, 2.75) is 45.3 Å². The van der Waals surface area contributed by atoms with E-state index in [0.29, 0.717) is 13.0 Å². The normalized spacial score (nSPS) is 21.0. The van der Waals surface area contributed by atoms with Gasteiger partial charge in [0.15, 0.2) is 0 Å². The summed E-state index contributed by atoms with van der Waals surface area (Å²) in [6.07, 6.45) is 0.686. The van der Waals surface area contributed by atoms with E-state index in [2.05, 4.69) is 32.6 Å². The number of benzene rings is 1. The van der Waals surface area contributed by atoms with E-state index in [1.54, 1.807) is 6.07 Å². The van der Waals surface area contributed by atoms with Gasteiger partial charge in [0.05, 0.1) is 11.2 Å². The van der Waals surface area contributed by atoms with E-state index >= 15 is 0 Å². The standard InChI is InChI=1S/C16H25FN2O/c1-15(2)10-19(11-16(3,4)20-15)14-6-5-13(17)9-12(14)7-8-18/h5-6,9H,7-8,10-11,18H2,1-4H3. The molecule has 1 aliphatic heterocycles. The molecule has 3 nitrogen and oxygen atoms in total. The largest absolute Gasteiger partial charge is 0.366 e. The third-order valence-electron chi connectivity index (χ3n) is 3.49. The predicted molar refractivity (Wildman–Crippen MR) is 80.6 cm³/mol. The second kappa shape index (κ2) is 5.34. The van der Waals surface area contributed by atoms with E-state index < -0.39 is 0 Å². The van der Waals surface area contributed by atoms with Crippen LogP contribution < -0.4 is 10.6 Å². The molecule has 0 atom stereocenters. The lowest BCUT2D eigenvalue weighted by molar-refractivity contribution is -0.133. The van der Waals surface area contributed by atoms with Crippen LogP contribution in [0, 0.1) is 5.82 Å². The van der Waals surface area contributed by atoms with Gasteiger partial charge in [-0.3, -0.25) is 0 Å². The molecule has 0 aliphatic carbocycles. The summed E-state index contributed by atoms with van der Waals surface area (Å²) in [7, 11) is 0. The second-order valence-corrected chi connectivity index (χ2v) is 6.79. The molecule has 0 bridgehead atoms. The van der Waals surface area contributed by atoms with Crippen LogP contribution in [0.5, 0.6) is 0 Å². The number of anilines is 1. The SMILES string of the molecule is CC1(C)CN(c2ccc(F)cc2CCN)CC(C)(C)O1. The van der Waals surface area contributed by atoms with E-state index in [-0.39, 0.29) is 17.0 Å². The molecule has 1 fully saturated rings. The van der Waals surface area contributed by atoms with Gasteiger partial charge in [0.1, 0.15) is 5.82 Å². The summed E-state index contributed by atoms with van der Waals surface area (Å²) in [5.74, 6) is -0.205. The molecule has 2 rings (SSSR count). The number of morpholine rings is 1. The van der Waals surface area contributed by atoms with Crippen LogP contribution >= 0.6 is 0 Å². The first-order chi connectivity index (χ1) is 9.22. The Morgan fingerprint density at radius 3 is 2.35 bits per heavy atom. The monoisotopic (exact) mass is 280 g/mol. The summed E-state index contributed by atoms with van der Waals surface area (Å²) in [5.41, 5.74) is 7.24. The quantitative estimate of drug-likeness (QED) is 0.925. The molecule has 4 heteroatoms. The van der Waals surface area contributed by atoms with Crippen molar-refractivity contribution in [1.82, 2.24) is 0 Å². The summed E-state index contributed by atoms with van der Waals surface area (Å²) >= 11 is 0. The van der Waals surface area contributed by atoms with Gasteiger partial charge in [-0.25, -0.2) is 4.39 Å². The van der Waals surface area contributed by atoms with E-state index in [1.165, 1.54) is 6.07 Å². The third-order valence-corrected chi connectivity index (χ3v) is 3.49. The van der Waals surface area contributed by atoms with Gasteiger partial charge in [-0.05, 0) is 64.4 Å². The van der Waals surface area contributed by atoms with Crippen molar-refractivity contribution in [3.63, 3.8) is 0 Å². The highest BCUT2D eigenvalue weighted by Gasteiger charge is 2.38. The fraction of sp³-hybridized carbons (Fsp3) is 0.625. The predicted octanol–water partition coefficient (Wildman–Crippen LogP) is 2.72. The third kappa shape index (κ3) is 3.49. The fourth-order valence-electron chi connectivity index (χ4n) is 3.18. The average molecular weight is 280 g/mol. The Labute approximate surface area is 120 Å². The summed E-state index contributed by atoms with van der Waals surface area (Å²) in [6, 6.07) is 4.97. The maximum Gasteiger partial charge on any atom is 0.123 e. The van der Waals surface area contributed by atoms with E-state index in [0.717, 1.165) is 24.3 Å². The van der Waals surface area contributed by atoms with Crippen LogP contribution in [0.2, 0.25) is 0 Å². The lowest BCUT2D eigenvalue weighted by atomic mass is 9.97. The van der Waals surface area contributed by atoms with Crippen molar-refractivity contribution in [3.8, 4) is 0 Å². The molecule has 0 spiro atoms. The lowest BCUT2D eigenvalue weighted by Crippen LogP contribution is -2.57. The molecule has 2 N–H and O–H groups in total. The number of rotatable bonds is 3. The van der Waals surface area contributed by atoms with Gasteiger partial charge in [-0.15, -0.1) is 0 Å². The molecule has 112 valence electrons. The van der Waals surface area contributed by atoms with Gasteiger partial charge in [0.2, 0.25) is 0 Å². The van der Waals surface area contributed by atoms with Crippen LogP contribution in [0.4, 0.5) is 10.1 Å². The maximum absolute atomic E-state index is 13.5. The zero-order chi connectivity index (χ0) is 15.0. The minimum Gasteiger partial charge on any atom is -0.366 e. The lowest BCUT2D eigenvalue weighted by Gasteiger charge is -2.48. The molecule has 0 unspecified atom stereocenters. The highest BCUT2D eigenvalue weighted by Crippen LogP contribution is 2.33. The zero-order valence-corrected chi connectivity index (χ0v) is 12.9. The Balaban J connectivity index is 2.35. The van der Waals surface area contributed by atoms with E-state index in [4.69, 9.17) is 10.5 Å². The first-order valence-corrected chi connectivity index (χ1v) is 7.16. The first-order valence-electron chi connectivity index (χ1n) is 7.16. The molecule has 1 aromatic carbocycles. The summed E-state index contributed by atoms with van der Waals surface area (Å²) in [6.45, 7) is 10.5. The van der Waals surface area contributed by atoms with Crippen LogP contribution in [0.1, 0.15) is 33.3 Å². The first kappa shape index (κ1) is 15.3. The molecule has 1 aromatic rings. The van der Waals surface area contributed by atoms with Crippen molar-refractivity contribution in [1.29, 1.82) is 0 Å². The highest BCUT2D eigenvalue weighted by atomic mass is 19.1. The maximum atomic E-state index is 13.5. The molecular weight excluding hydrogens is 255 g/mol. The van der Waals surface area contributed by atoms with Gasteiger partial charge in [-0.2, -0.15) is 0 Å². The molecule has 0 aromatic heterocycles. The van der Waals surface area contributed by atoms with Crippen molar-refractivity contribution in [2.24, 2.45) is 5.73 Å². The Morgan fingerprint density at radius 2 is 1.80 bits per heavy atom. The average Bonchev–Trinajstić information content (AvgIpc) is 2.25. The second-order valence-electron chi connectivity index (χ2n) is 6.79. The van der Waals surface area contributed by atoms with Gasteiger partial charge < -0.3 is 15.4 Å². The number of hydrogen-bond donors (Lipinski definition) is 1. The minimum absolute atomic E-state index is 0.205. The molecule has 1 heterocycles. The van der Waals surface area contributed by atoms with Crippen LogP contribution in [0.3, 0.4) is 0 Å². The van der Waals surface area contributed by atoms with Crippen molar-refractivity contribution in [2.75, 3.05) is 24.5 Å². The molecule has 1 saturated heterocycles. The number of ether oxygens (including phenoxy) is 1. The number of halogens is 1. The van der Waals surface area contributed by atoms with Crippen molar-refractivity contribution >= 4 is 5.69 Å². The summed E-state index contributed by atoms with van der Waals surface area (Å²) < 4.78 is 19.6. The van der Waals surface area contributed by atoms with Crippen LogP contribution in [-0.4, -0.2) is 30.8 Å². The van der Waals surface area contributed by atoms with Crippen molar-refractivity contribution in [3.05, 3.63) is 29.6 Å². The highest BCUT2D eigenvalue weighted by molar-refractivity contribution is 5.55. The number of nitrogens with zero attached hydrogens (tertiary/aromatic N) is 1. The van der Waals surface area contributed by atoms with Gasteiger partial charge in [0, 0.05) is 18.8 Å². The molecule has 20 heavy (non-hydrogen) atoms. The van der Waals surface area contributed by atoms with Gasteiger partial charge in [-0.1, -0.05) is 0 Å². The Hall–Kier alpha value is -1.13. The van der Waals surface area contributed by atoms with Crippen LogP contribution in [-0.2, 0) is 11.2 Å². The smallest absolute Gasteiger partial charge is 0.123 e. The van der Waals surface area contributed by atoms with Crippen LogP contribution in [0.15, 0.2) is 18.2 Å². The zero-order valence-electron chi connectivity index (χ0n) is 12.9. The Bertz CT molecular complexity index is 469. The van der Waals surface area contributed by atoms with Gasteiger partial charge >= 0.3 is 0 Å². The number of hydrogen-bond acceptors (Lipinski definition) is 3.